The molecule has 0 amide bonds. The Morgan fingerprint density at radius 1 is 1.69 bits per heavy atom. The molecule has 76 valence electrons. The van der Waals surface area contributed by atoms with Gasteiger partial charge in [0.05, 0.1) is 6.10 Å². The first-order chi connectivity index (χ1) is 6.13. The normalized spacial score (nSPS) is 27.6. The molecule has 13 heavy (non-hydrogen) atoms. The fraction of sp³-hybridized carbons (Fsp3) is 0.900. The second-order valence-corrected chi connectivity index (χ2v) is 3.94. The molecule has 0 aromatic heterocycles. The molecule has 0 aliphatic carbocycles. The van der Waals surface area contributed by atoms with Gasteiger partial charge in [-0.15, -0.1) is 0 Å². The van der Waals surface area contributed by atoms with Crippen LogP contribution in [-0.4, -0.2) is 41.5 Å². The van der Waals surface area contributed by atoms with Crippen LogP contribution in [0.1, 0.15) is 26.7 Å². The number of likely N-dealkylation sites (tertiary alicyclic amines) is 1. The van der Waals surface area contributed by atoms with E-state index in [1.54, 1.807) is 0 Å². The molecular formula is C10H19NO2. The van der Waals surface area contributed by atoms with Crippen LogP contribution in [0.15, 0.2) is 0 Å². The number of hydrogen-bond acceptors (Lipinski definition) is 3. The third-order valence-electron chi connectivity index (χ3n) is 2.70. The molecule has 1 aliphatic rings. The quantitative estimate of drug-likeness (QED) is 0.702. The minimum Gasteiger partial charge on any atom is -0.392 e. The van der Waals surface area contributed by atoms with E-state index >= 15 is 0 Å². The summed E-state index contributed by atoms with van der Waals surface area (Å²) in [6, 6.07) is 0. The van der Waals surface area contributed by atoms with Crippen LogP contribution in [0, 0.1) is 5.92 Å². The van der Waals surface area contributed by atoms with Crippen LogP contribution in [0.5, 0.6) is 0 Å². The Labute approximate surface area is 79.7 Å². The Morgan fingerprint density at radius 3 is 2.92 bits per heavy atom. The third-order valence-corrected chi connectivity index (χ3v) is 2.70. The Bertz CT molecular complexity index is 182. The van der Waals surface area contributed by atoms with Crippen molar-refractivity contribution in [2.45, 2.75) is 32.8 Å². The van der Waals surface area contributed by atoms with Crippen molar-refractivity contribution in [3.63, 3.8) is 0 Å². The SMILES string of the molecule is CC[C@@H](O)CN1CCC(=O)C(C)C1. The molecule has 0 spiro atoms. The molecule has 3 nitrogen and oxygen atoms in total. The van der Waals surface area contributed by atoms with Crippen molar-refractivity contribution >= 4 is 5.78 Å². The number of nitrogens with zero attached hydrogens (tertiary/aromatic N) is 1. The maximum Gasteiger partial charge on any atom is 0.138 e. The largest absolute Gasteiger partial charge is 0.392 e. The maximum absolute atomic E-state index is 11.2. The first-order valence-electron chi connectivity index (χ1n) is 5.06. The van der Waals surface area contributed by atoms with E-state index in [4.69, 9.17) is 0 Å². The number of carbonyl (C=O) groups is 1. The monoisotopic (exact) mass is 185 g/mol. The van der Waals surface area contributed by atoms with Crippen LogP contribution in [0.4, 0.5) is 0 Å². The summed E-state index contributed by atoms with van der Waals surface area (Å²) in [5.41, 5.74) is 0. The predicted molar refractivity (Wildman–Crippen MR) is 51.5 cm³/mol. The van der Waals surface area contributed by atoms with E-state index in [2.05, 4.69) is 4.90 Å². The van der Waals surface area contributed by atoms with Crippen LogP contribution >= 0.6 is 0 Å². The van der Waals surface area contributed by atoms with Gasteiger partial charge in [-0.3, -0.25) is 9.69 Å². The van der Waals surface area contributed by atoms with E-state index in [1.165, 1.54) is 0 Å². The number of piperidine rings is 1. The van der Waals surface area contributed by atoms with Gasteiger partial charge in [0.2, 0.25) is 0 Å². The molecule has 1 unspecified atom stereocenters. The van der Waals surface area contributed by atoms with Gasteiger partial charge in [-0.1, -0.05) is 13.8 Å². The van der Waals surface area contributed by atoms with Gasteiger partial charge in [0.1, 0.15) is 5.78 Å². The highest BCUT2D eigenvalue weighted by atomic mass is 16.3. The number of aliphatic hydroxyl groups excluding tert-OH is 1. The molecule has 1 N–H and O–H groups in total. The molecule has 1 rings (SSSR count). The lowest BCUT2D eigenvalue weighted by Crippen LogP contribution is -2.43. The van der Waals surface area contributed by atoms with E-state index in [0.29, 0.717) is 18.7 Å². The van der Waals surface area contributed by atoms with Crippen molar-refractivity contribution in [3.05, 3.63) is 0 Å². The standard InChI is InChI=1S/C10H19NO2/c1-3-9(12)7-11-5-4-10(13)8(2)6-11/h8-9,12H,3-7H2,1-2H3/t8?,9-/m1/s1. The van der Waals surface area contributed by atoms with Crippen molar-refractivity contribution < 1.29 is 9.90 Å². The number of carbonyl (C=O) groups excluding carboxylic acids is 1. The van der Waals surface area contributed by atoms with Crippen molar-refractivity contribution in [1.29, 1.82) is 0 Å². The molecule has 0 aromatic carbocycles. The molecule has 0 aromatic rings. The minimum atomic E-state index is -0.236. The van der Waals surface area contributed by atoms with Crippen molar-refractivity contribution in [2.24, 2.45) is 5.92 Å². The van der Waals surface area contributed by atoms with Gasteiger partial charge in [-0.05, 0) is 6.42 Å². The fourth-order valence-corrected chi connectivity index (χ4v) is 1.69. The number of ketones is 1. The van der Waals surface area contributed by atoms with Crippen molar-refractivity contribution in [2.75, 3.05) is 19.6 Å². The van der Waals surface area contributed by atoms with Crippen molar-refractivity contribution in [1.82, 2.24) is 4.90 Å². The first kappa shape index (κ1) is 10.7. The third kappa shape index (κ3) is 3.08. The summed E-state index contributed by atoms with van der Waals surface area (Å²) < 4.78 is 0. The summed E-state index contributed by atoms with van der Waals surface area (Å²) in [7, 11) is 0. The molecule has 1 aliphatic heterocycles. The molecule has 1 saturated heterocycles. The first-order valence-corrected chi connectivity index (χ1v) is 5.06. The van der Waals surface area contributed by atoms with Gasteiger partial charge in [0.15, 0.2) is 0 Å². The Kier molecular flexibility index (Phi) is 3.88. The molecular weight excluding hydrogens is 166 g/mol. The topological polar surface area (TPSA) is 40.5 Å². The number of β-amino-alcohol motifs (C(OH)–C–C–N with tert-alkyl or cyclic N) is 1. The van der Waals surface area contributed by atoms with Gasteiger partial charge < -0.3 is 5.11 Å². The molecule has 1 fully saturated rings. The Morgan fingerprint density at radius 2 is 2.38 bits per heavy atom. The highest BCUT2D eigenvalue weighted by molar-refractivity contribution is 5.81. The molecule has 3 heteroatoms. The maximum atomic E-state index is 11.2. The molecule has 0 saturated carbocycles. The van der Waals surface area contributed by atoms with Gasteiger partial charge in [-0.25, -0.2) is 0 Å². The van der Waals surface area contributed by atoms with Crippen LogP contribution < -0.4 is 0 Å². The lowest BCUT2D eigenvalue weighted by atomic mass is 9.98. The van der Waals surface area contributed by atoms with Gasteiger partial charge in [-0.2, -0.15) is 0 Å². The summed E-state index contributed by atoms with van der Waals surface area (Å²) >= 11 is 0. The predicted octanol–water partition coefficient (Wildman–Crippen LogP) is 0.668. The average Bonchev–Trinajstić information content (AvgIpc) is 2.11. The van der Waals surface area contributed by atoms with E-state index in [9.17, 15) is 9.90 Å². The number of rotatable bonds is 3. The zero-order valence-electron chi connectivity index (χ0n) is 8.49. The van der Waals surface area contributed by atoms with E-state index in [0.717, 1.165) is 19.5 Å². The van der Waals surface area contributed by atoms with Crippen LogP contribution in [-0.2, 0) is 4.79 Å². The van der Waals surface area contributed by atoms with Crippen LogP contribution in [0.25, 0.3) is 0 Å². The lowest BCUT2D eigenvalue weighted by molar-refractivity contribution is -0.126. The summed E-state index contributed by atoms with van der Waals surface area (Å²) in [4.78, 5) is 13.4. The van der Waals surface area contributed by atoms with E-state index < -0.39 is 0 Å². The highest BCUT2D eigenvalue weighted by Gasteiger charge is 2.24. The molecule has 1 heterocycles. The Hall–Kier alpha value is -0.410. The lowest BCUT2D eigenvalue weighted by Gasteiger charge is -2.31. The minimum absolute atomic E-state index is 0.151. The highest BCUT2D eigenvalue weighted by Crippen LogP contribution is 2.12. The second-order valence-electron chi connectivity index (χ2n) is 3.94. The fourth-order valence-electron chi connectivity index (χ4n) is 1.69. The second kappa shape index (κ2) is 4.72. The summed E-state index contributed by atoms with van der Waals surface area (Å²) in [5.74, 6) is 0.514. The summed E-state index contributed by atoms with van der Waals surface area (Å²) in [6.45, 7) is 6.29. The van der Waals surface area contributed by atoms with E-state index in [1.807, 2.05) is 13.8 Å². The zero-order chi connectivity index (χ0) is 9.84. The Balaban J connectivity index is 2.33. The average molecular weight is 185 g/mol. The molecule has 2 atom stereocenters. The summed E-state index contributed by atoms with van der Waals surface area (Å²) in [5, 5.41) is 9.44. The number of Topliss-reactive ketones (excluding diaryl/α,β-unsaturated/α-hetero) is 1. The smallest absolute Gasteiger partial charge is 0.138 e. The van der Waals surface area contributed by atoms with Gasteiger partial charge in [0.25, 0.3) is 0 Å². The van der Waals surface area contributed by atoms with Crippen LogP contribution in [0.3, 0.4) is 0 Å². The molecule has 0 bridgehead atoms. The zero-order valence-corrected chi connectivity index (χ0v) is 8.49. The summed E-state index contributed by atoms with van der Waals surface area (Å²) in [6.07, 6.45) is 1.21. The number of hydrogen-bond donors (Lipinski definition) is 1. The number of aliphatic hydroxyl groups is 1. The van der Waals surface area contributed by atoms with Crippen LogP contribution in [0.2, 0.25) is 0 Å². The molecule has 0 radical (unpaired) electrons. The van der Waals surface area contributed by atoms with E-state index in [-0.39, 0.29) is 12.0 Å². The van der Waals surface area contributed by atoms with Gasteiger partial charge in [0, 0.05) is 32.0 Å². The van der Waals surface area contributed by atoms with Crippen molar-refractivity contribution in [3.8, 4) is 0 Å². The van der Waals surface area contributed by atoms with Gasteiger partial charge >= 0.3 is 0 Å².